The minimum absolute atomic E-state index is 0.345. The summed E-state index contributed by atoms with van der Waals surface area (Å²) in [6.45, 7) is 2.15. The third-order valence-electron chi connectivity index (χ3n) is 4.30. The molecule has 0 spiro atoms. The Bertz CT molecular complexity index is 712. The first-order chi connectivity index (χ1) is 10.2. The largest absolute Gasteiger partial charge is 0.461 e. The molecule has 108 valence electrons. The number of esters is 1. The molecule has 21 heavy (non-hydrogen) atoms. The van der Waals surface area contributed by atoms with Crippen LogP contribution in [0.3, 0.4) is 0 Å². The molecule has 0 saturated heterocycles. The van der Waals surface area contributed by atoms with Crippen molar-refractivity contribution in [1.82, 2.24) is 20.4 Å². The fourth-order valence-corrected chi connectivity index (χ4v) is 3.49. The van der Waals surface area contributed by atoms with Crippen LogP contribution in [0.4, 0.5) is 0 Å². The van der Waals surface area contributed by atoms with E-state index in [0.29, 0.717) is 35.2 Å². The lowest BCUT2D eigenvalue weighted by molar-refractivity contribution is 0.0518. The van der Waals surface area contributed by atoms with Crippen molar-refractivity contribution in [3.05, 3.63) is 39.9 Å². The van der Waals surface area contributed by atoms with Crippen LogP contribution in [0.25, 0.3) is 0 Å². The summed E-state index contributed by atoms with van der Waals surface area (Å²) in [7, 11) is 0. The van der Waals surface area contributed by atoms with Crippen molar-refractivity contribution in [2.75, 3.05) is 6.61 Å². The van der Waals surface area contributed by atoms with E-state index in [1.807, 2.05) is 6.07 Å². The van der Waals surface area contributed by atoms with Gasteiger partial charge in [-0.2, -0.15) is 10.2 Å². The molecule has 7 heteroatoms. The standard InChI is InChI=1S/C14H13ClN4O2/c1-2-21-14(20)13-7-5-6-10(11(6)12(7)18-19-13)8-3-4-9(15)17-16-8/h3-4,6,10-11H,2,5H2,1H3,(H,18,19). The van der Waals surface area contributed by atoms with Gasteiger partial charge in [-0.1, -0.05) is 11.6 Å². The Morgan fingerprint density at radius 1 is 1.43 bits per heavy atom. The average molecular weight is 305 g/mol. The van der Waals surface area contributed by atoms with E-state index >= 15 is 0 Å². The molecule has 3 atom stereocenters. The molecule has 1 N–H and O–H groups in total. The second-order valence-corrected chi connectivity index (χ2v) is 5.77. The molecule has 2 aliphatic rings. The van der Waals surface area contributed by atoms with E-state index in [1.165, 1.54) is 0 Å². The van der Waals surface area contributed by atoms with Crippen molar-refractivity contribution in [1.29, 1.82) is 0 Å². The molecular formula is C14H13ClN4O2. The zero-order chi connectivity index (χ0) is 14.6. The lowest BCUT2D eigenvalue weighted by Crippen LogP contribution is -2.08. The van der Waals surface area contributed by atoms with Crippen LogP contribution < -0.4 is 0 Å². The van der Waals surface area contributed by atoms with Gasteiger partial charge in [0.25, 0.3) is 0 Å². The fraction of sp³-hybridized carbons (Fsp3) is 0.429. The molecule has 0 aromatic carbocycles. The van der Waals surface area contributed by atoms with E-state index in [9.17, 15) is 4.79 Å². The van der Waals surface area contributed by atoms with Gasteiger partial charge in [-0.25, -0.2) is 4.79 Å². The van der Waals surface area contributed by atoms with Crippen LogP contribution in [0.15, 0.2) is 12.1 Å². The molecule has 2 aliphatic carbocycles. The molecular weight excluding hydrogens is 292 g/mol. The lowest BCUT2D eigenvalue weighted by atomic mass is 10.0. The van der Waals surface area contributed by atoms with E-state index in [-0.39, 0.29) is 5.97 Å². The van der Waals surface area contributed by atoms with Gasteiger partial charge in [-0.05, 0) is 31.4 Å². The van der Waals surface area contributed by atoms with Gasteiger partial charge in [-0.3, -0.25) is 5.10 Å². The van der Waals surface area contributed by atoms with Gasteiger partial charge in [0.2, 0.25) is 0 Å². The number of H-pyrrole nitrogens is 1. The Hall–Kier alpha value is -1.95. The number of carbonyl (C=O) groups excluding carboxylic acids is 1. The predicted molar refractivity (Wildman–Crippen MR) is 74.3 cm³/mol. The van der Waals surface area contributed by atoms with Crippen molar-refractivity contribution in [2.24, 2.45) is 5.92 Å². The number of nitrogens with zero attached hydrogens (tertiary/aromatic N) is 3. The summed E-state index contributed by atoms with van der Waals surface area (Å²) in [4.78, 5) is 11.8. The maximum Gasteiger partial charge on any atom is 0.359 e. The third-order valence-corrected chi connectivity index (χ3v) is 4.51. The minimum atomic E-state index is -0.348. The molecule has 0 amide bonds. The highest BCUT2D eigenvalue weighted by atomic mass is 35.5. The highest BCUT2D eigenvalue weighted by Gasteiger charge is 2.59. The van der Waals surface area contributed by atoms with E-state index in [1.54, 1.807) is 13.0 Å². The van der Waals surface area contributed by atoms with Crippen LogP contribution in [-0.4, -0.2) is 33.0 Å². The highest BCUT2D eigenvalue weighted by Crippen LogP contribution is 2.66. The summed E-state index contributed by atoms with van der Waals surface area (Å²) in [5.74, 6) is 0.820. The Morgan fingerprint density at radius 3 is 3.00 bits per heavy atom. The minimum Gasteiger partial charge on any atom is -0.461 e. The molecule has 1 saturated carbocycles. The molecule has 2 heterocycles. The highest BCUT2D eigenvalue weighted by molar-refractivity contribution is 6.29. The van der Waals surface area contributed by atoms with Gasteiger partial charge in [0.15, 0.2) is 10.8 Å². The van der Waals surface area contributed by atoms with Crippen LogP contribution in [0.1, 0.15) is 46.2 Å². The maximum atomic E-state index is 11.8. The number of halogens is 1. The predicted octanol–water partition coefficient (Wildman–Crippen LogP) is 2.08. The summed E-state index contributed by atoms with van der Waals surface area (Å²) in [5.41, 5.74) is 3.43. The Morgan fingerprint density at radius 2 is 2.29 bits per heavy atom. The van der Waals surface area contributed by atoms with Gasteiger partial charge < -0.3 is 4.74 Å². The van der Waals surface area contributed by atoms with Crippen molar-refractivity contribution < 1.29 is 9.53 Å². The molecule has 2 aromatic rings. The van der Waals surface area contributed by atoms with Gasteiger partial charge in [0, 0.05) is 23.1 Å². The van der Waals surface area contributed by atoms with E-state index in [0.717, 1.165) is 23.4 Å². The maximum absolute atomic E-state index is 11.8. The fourth-order valence-electron chi connectivity index (χ4n) is 3.39. The third kappa shape index (κ3) is 1.86. The van der Waals surface area contributed by atoms with Crippen molar-refractivity contribution in [3.8, 4) is 0 Å². The second-order valence-electron chi connectivity index (χ2n) is 5.39. The first kappa shape index (κ1) is 12.8. The van der Waals surface area contributed by atoms with Gasteiger partial charge in [0.05, 0.1) is 12.3 Å². The number of carbonyl (C=O) groups is 1. The molecule has 0 radical (unpaired) electrons. The zero-order valence-electron chi connectivity index (χ0n) is 11.3. The number of nitrogens with one attached hydrogen (secondary N) is 1. The first-order valence-corrected chi connectivity index (χ1v) is 7.32. The van der Waals surface area contributed by atoms with Crippen LogP contribution in [0.5, 0.6) is 0 Å². The monoisotopic (exact) mass is 304 g/mol. The Labute approximate surface area is 125 Å². The van der Waals surface area contributed by atoms with Crippen molar-refractivity contribution in [2.45, 2.75) is 25.2 Å². The molecule has 0 aliphatic heterocycles. The Balaban J connectivity index is 1.59. The SMILES string of the molecule is CCOC(=O)c1n[nH]c2c1CC1C(c3ccc(Cl)nn3)C21. The van der Waals surface area contributed by atoms with Gasteiger partial charge in [0.1, 0.15) is 0 Å². The molecule has 3 unspecified atom stereocenters. The van der Waals surface area contributed by atoms with Crippen LogP contribution in [-0.2, 0) is 11.2 Å². The van der Waals surface area contributed by atoms with Crippen molar-refractivity contribution in [3.63, 3.8) is 0 Å². The topological polar surface area (TPSA) is 80.8 Å². The van der Waals surface area contributed by atoms with Gasteiger partial charge >= 0.3 is 5.97 Å². The molecule has 0 bridgehead atoms. The molecule has 4 rings (SSSR count). The molecule has 2 aromatic heterocycles. The summed E-state index contributed by atoms with van der Waals surface area (Å²) in [5, 5.41) is 15.6. The van der Waals surface area contributed by atoms with Crippen molar-refractivity contribution >= 4 is 17.6 Å². The Kier molecular flexibility index (Phi) is 2.75. The number of rotatable bonds is 3. The summed E-state index contributed by atoms with van der Waals surface area (Å²) in [6, 6.07) is 3.68. The summed E-state index contributed by atoms with van der Waals surface area (Å²) >= 11 is 5.77. The molecule has 1 fully saturated rings. The summed E-state index contributed by atoms with van der Waals surface area (Å²) < 4.78 is 5.03. The van der Waals surface area contributed by atoms with Crippen LogP contribution in [0.2, 0.25) is 5.15 Å². The van der Waals surface area contributed by atoms with E-state index in [2.05, 4.69) is 20.4 Å². The number of aromatic amines is 1. The number of aromatic nitrogens is 4. The normalized spacial score (nSPS) is 25.3. The second kappa shape index (κ2) is 4.53. The molecule has 6 nitrogen and oxygen atoms in total. The number of hydrogen-bond donors (Lipinski definition) is 1. The quantitative estimate of drug-likeness (QED) is 0.878. The lowest BCUT2D eigenvalue weighted by Gasteiger charge is -2.04. The van der Waals surface area contributed by atoms with Gasteiger partial charge in [-0.15, -0.1) is 5.10 Å². The number of ether oxygens (including phenoxy) is 1. The number of hydrogen-bond acceptors (Lipinski definition) is 5. The smallest absolute Gasteiger partial charge is 0.359 e. The van der Waals surface area contributed by atoms with Crippen LogP contribution >= 0.6 is 11.6 Å². The van der Waals surface area contributed by atoms with Crippen LogP contribution in [0, 0.1) is 5.92 Å². The van der Waals surface area contributed by atoms with E-state index in [4.69, 9.17) is 16.3 Å². The average Bonchev–Trinajstić information content (AvgIpc) is 2.83. The first-order valence-electron chi connectivity index (χ1n) is 6.94. The van der Waals surface area contributed by atoms with E-state index < -0.39 is 0 Å². The number of fused-ring (bicyclic) bond motifs is 3. The zero-order valence-corrected chi connectivity index (χ0v) is 12.1. The summed E-state index contributed by atoms with van der Waals surface area (Å²) in [6.07, 6.45) is 0.833.